The van der Waals surface area contributed by atoms with E-state index in [2.05, 4.69) is 30.7 Å². The molecule has 0 amide bonds. The Hall–Kier alpha value is -1.79. The Morgan fingerprint density at radius 2 is 2.23 bits per heavy atom. The van der Waals surface area contributed by atoms with Crippen molar-refractivity contribution in [2.24, 2.45) is 0 Å². The highest BCUT2D eigenvalue weighted by atomic mass is 16.5. The Kier molecular flexibility index (Phi) is 3.63. The lowest BCUT2D eigenvalue weighted by atomic mass is 9.88. The van der Waals surface area contributed by atoms with E-state index in [-0.39, 0.29) is 5.60 Å². The Labute approximate surface area is 130 Å². The van der Waals surface area contributed by atoms with Crippen molar-refractivity contribution < 1.29 is 4.74 Å². The summed E-state index contributed by atoms with van der Waals surface area (Å²) in [6.07, 6.45) is 10.8. The first kappa shape index (κ1) is 13.8. The monoisotopic (exact) mass is 299 g/mol. The molecule has 0 bridgehead atoms. The number of aromatic nitrogens is 4. The van der Waals surface area contributed by atoms with Gasteiger partial charge in [-0.2, -0.15) is 0 Å². The van der Waals surface area contributed by atoms with E-state index in [4.69, 9.17) is 4.74 Å². The summed E-state index contributed by atoms with van der Waals surface area (Å²) in [4.78, 5) is 6.70. The average Bonchev–Trinajstić information content (AvgIpc) is 3.19. The van der Waals surface area contributed by atoms with E-state index in [9.17, 15) is 0 Å². The number of nitrogens with zero attached hydrogens (tertiary/aromatic N) is 5. The van der Waals surface area contributed by atoms with Crippen molar-refractivity contribution in [1.82, 2.24) is 24.6 Å². The first-order valence-corrected chi connectivity index (χ1v) is 7.92. The molecule has 2 saturated heterocycles. The first-order valence-electron chi connectivity index (χ1n) is 7.92. The van der Waals surface area contributed by atoms with Crippen LogP contribution in [-0.4, -0.2) is 49.9 Å². The maximum Gasteiger partial charge on any atom is 0.119 e. The van der Waals surface area contributed by atoms with E-state index < -0.39 is 0 Å². The van der Waals surface area contributed by atoms with E-state index in [1.807, 2.05) is 18.5 Å². The van der Waals surface area contributed by atoms with Crippen LogP contribution in [0.4, 0.5) is 0 Å². The van der Waals surface area contributed by atoms with Crippen LogP contribution in [0.1, 0.15) is 30.9 Å². The molecule has 1 spiro atoms. The first-order chi connectivity index (χ1) is 10.8. The highest BCUT2D eigenvalue weighted by molar-refractivity contribution is 5.09. The van der Waals surface area contributed by atoms with Gasteiger partial charge in [0.2, 0.25) is 0 Å². The third-order valence-electron chi connectivity index (χ3n) is 4.80. The van der Waals surface area contributed by atoms with Gasteiger partial charge in [0.1, 0.15) is 12.7 Å². The summed E-state index contributed by atoms with van der Waals surface area (Å²) in [6, 6.07) is 4.51. The highest BCUT2D eigenvalue weighted by Gasteiger charge is 2.43. The molecule has 2 aliphatic rings. The van der Waals surface area contributed by atoms with Crippen molar-refractivity contribution in [1.29, 1.82) is 0 Å². The van der Waals surface area contributed by atoms with E-state index in [0.29, 0.717) is 6.04 Å². The van der Waals surface area contributed by atoms with Crippen LogP contribution in [0.3, 0.4) is 0 Å². The van der Waals surface area contributed by atoms with Gasteiger partial charge in [0, 0.05) is 31.9 Å². The molecule has 6 heteroatoms. The summed E-state index contributed by atoms with van der Waals surface area (Å²) in [7, 11) is 0. The molecule has 2 aliphatic heterocycles. The largest absolute Gasteiger partial charge is 0.371 e. The third kappa shape index (κ3) is 2.76. The number of hydrogen-bond donors (Lipinski definition) is 0. The minimum Gasteiger partial charge on any atom is -0.371 e. The Morgan fingerprint density at radius 3 is 3.05 bits per heavy atom. The molecule has 0 aromatic carbocycles. The third-order valence-corrected chi connectivity index (χ3v) is 4.80. The van der Waals surface area contributed by atoms with E-state index in [0.717, 1.165) is 39.1 Å². The van der Waals surface area contributed by atoms with Gasteiger partial charge in [0.25, 0.3) is 0 Å². The van der Waals surface area contributed by atoms with Crippen molar-refractivity contribution in [2.75, 3.05) is 19.7 Å². The number of likely N-dealkylation sites (tertiary alicyclic amines) is 1. The summed E-state index contributed by atoms with van der Waals surface area (Å²) < 4.78 is 8.33. The summed E-state index contributed by atoms with van der Waals surface area (Å²) in [5.74, 6) is 0. The van der Waals surface area contributed by atoms with E-state index in [1.54, 1.807) is 12.7 Å². The lowest BCUT2D eigenvalue weighted by Gasteiger charge is -2.39. The molecule has 2 aromatic rings. The second-order valence-corrected chi connectivity index (χ2v) is 6.44. The van der Waals surface area contributed by atoms with Gasteiger partial charge in [0.15, 0.2) is 0 Å². The zero-order valence-electron chi connectivity index (χ0n) is 12.6. The van der Waals surface area contributed by atoms with Crippen LogP contribution in [0.15, 0.2) is 37.2 Å². The standard InChI is InChI=1S/C16H21N5O/c1-3-14(8-17-5-1)9-20-6-2-4-16(11-20)7-15(10-22-16)21-12-18-19-13-21/h1,3,5,8,12-13,15H,2,4,6-7,9-11H2/t15-,16-/m0/s1. The SMILES string of the molecule is c1cncc(CN2CCC[C@]3(C[C@H](n4cnnc4)CO3)C2)c1. The zero-order valence-corrected chi connectivity index (χ0v) is 12.6. The van der Waals surface area contributed by atoms with Crippen LogP contribution >= 0.6 is 0 Å². The normalized spacial score (nSPS) is 29.2. The van der Waals surface area contributed by atoms with Gasteiger partial charge in [-0.05, 0) is 31.0 Å². The van der Waals surface area contributed by atoms with Crippen molar-refractivity contribution in [3.63, 3.8) is 0 Å². The second-order valence-electron chi connectivity index (χ2n) is 6.44. The Balaban J connectivity index is 1.43. The molecule has 0 aliphatic carbocycles. The topological polar surface area (TPSA) is 56.1 Å². The molecule has 0 N–H and O–H groups in total. The molecule has 4 rings (SSSR count). The van der Waals surface area contributed by atoms with Crippen LogP contribution in [-0.2, 0) is 11.3 Å². The average molecular weight is 299 g/mol. The van der Waals surface area contributed by atoms with Crippen molar-refractivity contribution >= 4 is 0 Å². The molecule has 0 unspecified atom stereocenters. The molecular weight excluding hydrogens is 278 g/mol. The molecule has 2 fully saturated rings. The minimum atomic E-state index is -0.00457. The minimum absolute atomic E-state index is 0.00457. The number of piperidine rings is 1. The van der Waals surface area contributed by atoms with Crippen molar-refractivity contribution in [3.8, 4) is 0 Å². The van der Waals surface area contributed by atoms with Crippen LogP contribution in [0, 0.1) is 0 Å². The number of hydrogen-bond acceptors (Lipinski definition) is 5. The van der Waals surface area contributed by atoms with Crippen LogP contribution in [0.5, 0.6) is 0 Å². The molecule has 6 nitrogen and oxygen atoms in total. The lowest BCUT2D eigenvalue weighted by Crippen LogP contribution is -2.47. The summed E-state index contributed by atoms with van der Waals surface area (Å²) in [5, 5.41) is 7.82. The molecule has 116 valence electrons. The number of pyridine rings is 1. The van der Waals surface area contributed by atoms with Crippen molar-refractivity contribution in [3.05, 3.63) is 42.7 Å². The molecule has 22 heavy (non-hydrogen) atoms. The number of ether oxygens (including phenoxy) is 1. The quantitative estimate of drug-likeness (QED) is 0.863. The van der Waals surface area contributed by atoms with Gasteiger partial charge in [0.05, 0.1) is 18.2 Å². The van der Waals surface area contributed by atoms with Crippen LogP contribution in [0.2, 0.25) is 0 Å². The van der Waals surface area contributed by atoms with Crippen molar-refractivity contribution in [2.45, 2.75) is 37.5 Å². The van der Waals surface area contributed by atoms with E-state index in [1.165, 1.54) is 12.0 Å². The molecule has 0 radical (unpaired) electrons. The molecule has 2 atom stereocenters. The van der Waals surface area contributed by atoms with Crippen LogP contribution in [0.25, 0.3) is 0 Å². The van der Waals surface area contributed by atoms with Gasteiger partial charge in [-0.15, -0.1) is 10.2 Å². The maximum absolute atomic E-state index is 6.25. The Morgan fingerprint density at radius 1 is 1.32 bits per heavy atom. The molecule has 2 aromatic heterocycles. The molecular formula is C16H21N5O. The smallest absolute Gasteiger partial charge is 0.119 e. The summed E-state index contributed by atoms with van der Waals surface area (Å²) >= 11 is 0. The van der Waals surface area contributed by atoms with Gasteiger partial charge in [-0.1, -0.05) is 6.07 Å². The van der Waals surface area contributed by atoms with Crippen LogP contribution < -0.4 is 0 Å². The lowest BCUT2D eigenvalue weighted by molar-refractivity contribution is -0.0535. The fourth-order valence-corrected chi connectivity index (χ4v) is 3.77. The predicted octanol–water partition coefficient (Wildman–Crippen LogP) is 1.67. The second kappa shape index (κ2) is 5.78. The number of rotatable bonds is 3. The summed E-state index contributed by atoms with van der Waals surface area (Å²) in [6.45, 7) is 3.85. The van der Waals surface area contributed by atoms with Gasteiger partial charge >= 0.3 is 0 Å². The highest BCUT2D eigenvalue weighted by Crippen LogP contribution is 2.39. The fraction of sp³-hybridized carbons (Fsp3) is 0.562. The van der Waals surface area contributed by atoms with E-state index >= 15 is 0 Å². The fourth-order valence-electron chi connectivity index (χ4n) is 3.77. The summed E-state index contributed by atoms with van der Waals surface area (Å²) in [5.41, 5.74) is 1.27. The molecule has 4 heterocycles. The van der Waals surface area contributed by atoms with Gasteiger partial charge in [-0.3, -0.25) is 9.88 Å². The Bertz CT molecular complexity index is 602. The van der Waals surface area contributed by atoms with Gasteiger partial charge < -0.3 is 9.30 Å². The zero-order chi connectivity index (χ0) is 14.8. The molecule has 0 saturated carbocycles. The predicted molar refractivity (Wildman–Crippen MR) is 81.1 cm³/mol. The van der Waals surface area contributed by atoms with Gasteiger partial charge in [-0.25, -0.2) is 0 Å². The maximum atomic E-state index is 6.25.